The van der Waals surface area contributed by atoms with Gasteiger partial charge in [-0.25, -0.2) is 0 Å². The predicted molar refractivity (Wildman–Crippen MR) is 300 cm³/mol. The summed E-state index contributed by atoms with van der Waals surface area (Å²) < 4.78 is 35.3. The van der Waals surface area contributed by atoms with E-state index in [9.17, 15) is 9.90 Å². The van der Waals surface area contributed by atoms with Crippen LogP contribution in [0.25, 0.3) is 0 Å². The minimum absolute atomic E-state index is 0.00454. The first-order valence-electron chi connectivity index (χ1n) is 26.1. The number of aliphatic hydroxyl groups is 1. The Hall–Kier alpha value is -0.902. The van der Waals surface area contributed by atoms with Crippen LogP contribution in [0.15, 0.2) is 48.6 Å². The molecule has 13 atom stereocenters. The van der Waals surface area contributed by atoms with E-state index >= 15 is 0 Å². The minimum Gasteiger partial charge on any atom is -0.462 e. The fourth-order valence-corrected chi connectivity index (χ4v) is 13.9. The molecule has 1 N–H and O–H groups in total. The largest absolute Gasteiger partial charge is 0.462 e. The monoisotopic (exact) mass is 1010 g/mol. The number of hydrogen-bond donors (Lipinski definition) is 1. The Morgan fingerprint density at radius 3 is 1.57 bits per heavy atom. The molecule has 392 valence electrons. The van der Waals surface area contributed by atoms with Crippen LogP contribution in [0.1, 0.15) is 151 Å². The van der Waals surface area contributed by atoms with E-state index in [0.717, 1.165) is 6.42 Å². The molecule has 0 radical (unpaired) electrons. The highest BCUT2D eigenvalue weighted by Crippen LogP contribution is 2.45. The molecular weight excluding hydrogens is 897 g/mol. The third kappa shape index (κ3) is 18.0. The number of ether oxygens (including phenoxy) is 1. The number of carbonyl (C=O) groups excluding carboxylic acids is 1. The highest BCUT2D eigenvalue weighted by molar-refractivity contribution is 6.75. The molecule has 1 aliphatic heterocycles. The number of rotatable bonds is 23. The third-order valence-electron chi connectivity index (χ3n) is 17.2. The van der Waals surface area contributed by atoms with Crippen molar-refractivity contribution in [3.05, 3.63) is 48.6 Å². The van der Waals surface area contributed by atoms with Crippen LogP contribution in [0, 0.1) is 41.4 Å². The van der Waals surface area contributed by atoms with Gasteiger partial charge < -0.3 is 27.5 Å². The zero-order valence-electron chi connectivity index (χ0n) is 49.0. The Bertz CT molecular complexity index is 1650. The van der Waals surface area contributed by atoms with Crippen molar-refractivity contribution < 1.29 is 32.3 Å². The molecule has 1 saturated heterocycles. The van der Waals surface area contributed by atoms with Gasteiger partial charge in [0.25, 0.3) is 0 Å². The molecule has 0 aromatic rings. The summed E-state index contributed by atoms with van der Waals surface area (Å²) in [7, 11) is -8.81. The number of allylic oxidation sites excluding steroid dienone is 3. The summed E-state index contributed by atoms with van der Waals surface area (Å²) >= 11 is 0. The van der Waals surface area contributed by atoms with Crippen molar-refractivity contribution in [2.45, 2.75) is 260 Å². The van der Waals surface area contributed by atoms with Crippen LogP contribution in [-0.2, 0) is 27.2 Å². The molecule has 0 amide bonds. The average molecular weight is 1010 g/mol. The first kappa shape index (κ1) is 64.1. The predicted octanol–water partition coefficient (Wildman–Crippen LogP) is 16.3. The standard InChI is InChI=1S/C56H110O7Si4/c1-30-31-32-39(3)48(57)44(8)50(62-66(26,27)55(16,17)18)42(6)36-38(2)35-41(5)49(61-65(24,25)54(13,14)15)40(4)33-34-46(60-64(22,23)53(10,11)12)37-47-43(7)51(45(9)52(58)59-47)63-67(28,29)56(19,20)21/h30-35,39-51,57H,1,36-37H2,2-29H3/t39-,40-,41-,42-,43-,44+,45+,46+,47-,48-,49-,50+,51-/m0/s1. The van der Waals surface area contributed by atoms with Crippen molar-refractivity contribution in [2.24, 2.45) is 41.4 Å². The lowest BCUT2D eigenvalue weighted by atomic mass is 9.81. The zero-order valence-corrected chi connectivity index (χ0v) is 53.0. The van der Waals surface area contributed by atoms with Gasteiger partial charge in [-0.05, 0) is 111 Å². The molecule has 1 fully saturated rings. The Morgan fingerprint density at radius 2 is 1.12 bits per heavy atom. The normalized spacial score (nSPS) is 24.5. The second kappa shape index (κ2) is 24.2. The van der Waals surface area contributed by atoms with Gasteiger partial charge in [0.05, 0.1) is 36.4 Å². The van der Waals surface area contributed by atoms with Crippen LogP contribution < -0.4 is 0 Å². The lowest BCUT2D eigenvalue weighted by Gasteiger charge is -2.47. The van der Waals surface area contributed by atoms with Crippen molar-refractivity contribution in [3.63, 3.8) is 0 Å². The molecule has 0 aliphatic carbocycles. The van der Waals surface area contributed by atoms with Crippen LogP contribution in [0.4, 0.5) is 0 Å². The number of hydrogen-bond acceptors (Lipinski definition) is 7. The van der Waals surface area contributed by atoms with Gasteiger partial charge in [0.1, 0.15) is 6.10 Å². The molecule has 0 aromatic carbocycles. The summed E-state index contributed by atoms with van der Waals surface area (Å²) in [5.74, 6) is -0.243. The molecule has 0 bridgehead atoms. The number of aliphatic hydroxyl groups excluding tert-OH is 1. The van der Waals surface area contributed by atoms with Crippen LogP contribution in [-0.4, -0.2) is 81.0 Å². The van der Waals surface area contributed by atoms with Gasteiger partial charge in [-0.1, -0.05) is 173 Å². The molecule has 67 heavy (non-hydrogen) atoms. The van der Waals surface area contributed by atoms with Crippen LogP contribution in [0.3, 0.4) is 0 Å². The van der Waals surface area contributed by atoms with E-state index in [0.29, 0.717) is 6.42 Å². The molecular formula is C56H110O7Si4. The van der Waals surface area contributed by atoms with Crippen molar-refractivity contribution in [1.29, 1.82) is 0 Å². The van der Waals surface area contributed by atoms with E-state index in [1.54, 1.807) is 6.08 Å². The molecule has 0 saturated carbocycles. The maximum atomic E-state index is 13.6. The number of esters is 1. The van der Waals surface area contributed by atoms with Gasteiger partial charge in [-0.3, -0.25) is 4.79 Å². The molecule has 7 nitrogen and oxygen atoms in total. The quantitative estimate of drug-likeness (QED) is 0.0472. The number of carbonyl (C=O) groups is 1. The first-order chi connectivity index (χ1) is 29.9. The Morgan fingerprint density at radius 1 is 0.672 bits per heavy atom. The second-order valence-corrected chi connectivity index (χ2v) is 46.5. The van der Waals surface area contributed by atoms with E-state index in [-0.39, 0.29) is 98.1 Å². The van der Waals surface area contributed by atoms with Gasteiger partial charge in [-0.2, -0.15) is 0 Å². The van der Waals surface area contributed by atoms with E-state index in [4.69, 9.17) is 22.4 Å². The fraction of sp³-hybridized carbons (Fsp3) is 0.839. The Balaban J connectivity index is 3.79. The van der Waals surface area contributed by atoms with Crippen LogP contribution >= 0.6 is 0 Å². The molecule has 1 aliphatic rings. The SMILES string of the molecule is C=CC=C[C@H](C)[C@H](O)[C@@H](C)[C@H](O[Si](C)(C)C(C)(C)C)[C@@H](C)CC(C)=C[C@H](C)[C@@H](O[Si](C)(C)C(C)(C)C)[C@@H](C)C=C[C@H](C[C@@H]1OC(=O)[C@H](C)[C@@H](O[Si](C)(C)C(C)(C)C)[C@H]1C)O[Si](C)(C)C(C)(C)C. The maximum absolute atomic E-state index is 13.6. The fourth-order valence-electron chi connectivity index (χ4n) is 8.26. The van der Waals surface area contributed by atoms with Crippen LogP contribution in [0.5, 0.6) is 0 Å². The van der Waals surface area contributed by atoms with E-state index in [1.807, 2.05) is 19.1 Å². The van der Waals surface area contributed by atoms with Crippen molar-refractivity contribution in [3.8, 4) is 0 Å². The molecule has 0 unspecified atom stereocenters. The summed E-state index contributed by atoms with van der Waals surface area (Å²) in [4.78, 5) is 13.6. The lowest BCUT2D eigenvalue weighted by molar-refractivity contribution is -0.177. The summed E-state index contributed by atoms with van der Waals surface area (Å²) in [5.41, 5.74) is 1.31. The van der Waals surface area contributed by atoms with Crippen molar-refractivity contribution >= 4 is 39.2 Å². The van der Waals surface area contributed by atoms with Gasteiger partial charge in [0.2, 0.25) is 0 Å². The Kier molecular flexibility index (Phi) is 23.2. The average Bonchev–Trinajstić information content (AvgIpc) is 3.14. The number of cyclic esters (lactones) is 1. The van der Waals surface area contributed by atoms with Gasteiger partial charge in [-0.15, -0.1) is 0 Å². The maximum Gasteiger partial charge on any atom is 0.311 e. The van der Waals surface area contributed by atoms with Crippen molar-refractivity contribution in [1.82, 2.24) is 0 Å². The van der Waals surface area contributed by atoms with Crippen molar-refractivity contribution in [2.75, 3.05) is 0 Å². The highest BCUT2D eigenvalue weighted by Gasteiger charge is 2.49. The third-order valence-corrected chi connectivity index (χ3v) is 35.2. The summed E-state index contributed by atoms with van der Waals surface area (Å²) in [6, 6.07) is 0. The second-order valence-electron chi connectivity index (χ2n) is 27.4. The van der Waals surface area contributed by atoms with Gasteiger partial charge in [0.15, 0.2) is 33.3 Å². The summed E-state index contributed by atoms with van der Waals surface area (Å²) in [6.45, 7) is 67.4. The molecule has 0 spiro atoms. The lowest BCUT2D eigenvalue weighted by Crippen LogP contribution is -2.55. The van der Waals surface area contributed by atoms with E-state index < -0.39 is 39.4 Å². The molecule has 11 heteroatoms. The smallest absolute Gasteiger partial charge is 0.311 e. The van der Waals surface area contributed by atoms with E-state index in [2.05, 4.69) is 209 Å². The Labute approximate surface area is 420 Å². The van der Waals surface area contributed by atoms with Gasteiger partial charge >= 0.3 is 5.97 Å². The molecule has 1 heterocycles. The first-order valence-corrected chi connectivity index (χ1v) is 37.7. The van der Waals surface area contributed by atoms with E-state index in [1.165, 1.54) is 5.57 Å². The summed E-state index contributed by atoms with van der Waals surface area (Å²) in [6.07, 6.45) is 12.7. The molecule has 1 rings (SSSR count). The minimum atomic E-state index is -2.25. The highest BCUT2D eigenvalue weighted by atomic mass is 28.4. The molecule has 0 aromatic heterocycles. The zero-order chi connectivity index (χ0) is 52.9. The van der Waals surface area contributed by atoms with Crippen LogP contribution in [0.2, 0.25) is 72.5 Å². The topological polar surface area (TPSA) is 83.5 Å². The van der Waals surface area contributed by atoms with Gasteiger partial charge in [0, 0.05) is 24.2 Å². The summed E-state index contributed by atoms with van der Waals surface area (Å²) in [5, 5.41) is 11.8.